The molecule has 1 saturated heterocycles. The molecule has 37 heavy (non-hydrogen) atoms. The van der Waals surface area contributed by atoms with Crippen molar-refractivity contribution in [3.05, 3.63) is 65.6 Å². The number of pyridine rings is 1. The number of benzene rings is 1. The van der Waals surface area contributed by atoms with Crippen LogP contribution in [0.2, 0.25) is 0 Å². The third-order valence-corrected chi connectivity index (χ3v) is 6.50. The third-order valence-electron chi connectivity index (χ3n) is 6.50. The Labute approximate surface area is 213 Å². The van der Waals surface area contributed by atoms with Gasteiger partial charge in [-0.15, -0.1) is 0 Å². The average molecular weight is 506 g/mol. The summed E-state index contributed by atoms with van der Waals surface area (Å²) in [6.45, 7) is 8.56. The Morgan fingerprint density at radius 3 is 2.68 bits per heavy atom. The Morgan fingerprint density at radius 1 is 1.08 bits per heavy atom. The molecular weight excluding hydrogens is 476 g/mol. The lowest BCUT2D eigenvalue weighted by molar-refractivity contribution is -0.130. The minimum Gasteiger partial charge on any atom is -0.342 e. The van der Waals surface area contributed by atoms with E-state index in [1.165, 1.54) is 6.07 Å². The standard InChI is InChI=1S/C27H29F2N7O/c1-16(2)36-17(3)10-20-21(28)11-19(12-23(20)36)26-22(29)14-32-27(34-26)33-24-5-4-18(13-31-24)15-35-9-8-30-7-6-25(35)37/h4-5,10-14,16,30H,6-9,15H2,1-3H3,(H,31,32,33,34). The Bertz CT molecular complexity index is 1450. The van der Waals surface area contributed by atoms with Crippen molar-refractivity contribution in [1.29, 1.82) is 0 Å². The van der Waals surface area contributed by atoms with E-state index in [0.717, 1.165) is 24.0 Å². The zero-order valence-corrected chi connectivity index (χ0v) is 21.1. The zero-order chi connectivity index (χ0) is 26.1. The summed E-state index contributed by atoms with van der Waals surface area (Å²) in [6.07, 6.45) is 3.23. The molecule has 0 spiro atoms. The van der Waals surface area contributed by atoms with Crippen molar-refractivity contribution in [3.63, 3.8) is 0 Å². The smallest absolute Gasteiger partial charge is 0.229 e. The van der Waals surface area contributed by atoms with Crippen LogP contribution in [0, 0.1) is 18.6 Å². The van der Waals surface area contributed by atoms with Gasteiger partial charge in [0.15, 0.2) is 5.82 Å². The van der Waals surface area contributed by atoms with E-state index in [2.05, 4.69) is 25.6 Å². The minimum absolute atomic E-state index is 0.00244. The van der Waals surface area contributed by atoms with Crippen molar-refractivity contribution < 1.29 is 13.6 Å². The lowest BCUT2D eigenvalue weighted by atomic mass is 10.1. The molecule has 0 aliphatic carbocycles. The average Bonchev–Trinajstić information content (AvgIpc) is 3.08. The summed E-state index contributed by atoms with van der Waals surface area (Å²) in [5, 5.41) is 6.70. The van der Waals surface area contributed by atoms with E-state index in [1.54, 1.807) is 24.4 Å². The largest absolute Gasteiger partial charge is 0.342 e. The fourth-order valence-electron chi connectivity index (χ4n) is 4.78. The van der Waals surface area contributed by atoms with Crippen LogP contribution in [-0.4, -0.2) is 50.0 Å². The van der Waals surface area contributed by atoms with Gasteiger partial charge >= 0.3 is 0 Å². The molecule has 3 aromatic heterocycles. The second kappa shape index (κ2) is 10.2. The van der Waals surface area contributed by atoms with Crippen LogP contribution in [0.25, 0.3) is 22.2 Å². The number of rotatable bonds is 6. The summed E-state index contributed by atoms with van der Waals surface area (Å²) in [6, 6.07) is 8.60. The van der Waals surface area contributed by atoms with Crippen LogP contribution >= 0.6 is 0 Å². The molecule has 8 nitrogen and oxygen atoms in total. The van der Waals surface area contributed by atoms with E-state index in [9.17, 15) is 13.6 Å². The van der Waals surface area contributed by atoms with Gasteiger partial charge in [0, 0.05) is 61.5 Å². The number of hydrogen-bond donors (Lipinski definition) is 2. The lowest BCUT2D eigenvalue weighted by Gasteiger charge is -2.20. The monoisotopic (exact) mass is 505 g/mol. The van der Waals surface area contributed by atoms with Crippen molar-refractivity contribution in [2.45, 2.75) is 39.8 Å². The first kappa shape index (κ1) is 24.8. The Kier molecular flexibility index (Phi) is 6.84. The number of carbonyl (C=O) groups excluding carboxylic acids is 1. The molecule has 1 aliphatic rings. The maximum Gasteiger partial charge on any atom is 0.229 e. The molecule has 2 N–H and O–H groups in total. The number of halogens is 2. The molecule has 4 heterocycles. The second-order valence-electron chi connectivity index (χ2n) is 9.52. The molecule has 1 fully saturated rings. The number of nitrogens with one attached hydrogen (secondary N) is 2. The number of aryl methyl sites for hydroxylation is 1. The number of carbonyl (C=O) groups is 1. The molecule has 0 unspecified atom stereocenters. The van der Waals surface area contributed by atoms with Crippen LogP contribution in [0.3, 0.4) is 0 Å². The second-order valence-corrected chi connectivity index (χ2v) is 9.52. The molecule has 0 radical (unpaired) electrons. The van der Waals surface area contributed by atoms with Gasteiger partial charge in [-0.1, -0.05) is 6.07 Å². The first-order chi connectivity index (χ1) is 17.8. The number of fused-ring (bicyclic) bond motifs is 1. The molecule has 4 aromatic rings. The van der Waals surface area contributed by atoms with Gasteiger partial charge in [-0.25, -0.2) is 23.7 Å². The van der Waals surface area contributed by atoms with E-state index in [-0.39, 0.29) is 23.6 Å². The number of hydrogen-bond acceptors (Lipinski definition) is 6. The van der Waals surface area contributed by atoms with Crippen LogP contribution in [-0.2, 0) is 11.3 Å². The van der Waals surface area contributed by atoms with Gasteiger partial charge in [0.25, 0.3) is 0 Å². The topological polar surface area (TPSA) is 88.0 Å². The van der Waals surface area contributed by atoms with Crippen molar-refractivity contribution in [2.75, 3.05) is 25.0 Å². The predicted molar refractivity (Wildman–Crippen MR) is 138 cm³/mol. The SMILES string of the molecule is Cc1cc2c(F)cc(-c3nc(Nc4ccc(CN5CCNCCC5=O)cn4)ncc3F)cc2n1C(C)C. The van der Waals surface area contributed by atoms with Gasteiger partial charge in [0.2, 0.25) is 11.9 Å². The number of nitrogens with zero attached hydrogens (tertiary/aromatic N) is 5. The van der Waals surface area contributed by atoms with Crippen LogP contribution in [0.1, 0.15) is 37.6 Å². The van der Waals surface area contributed by atoms with Crippen molar-refractivity contribution >= 4 is 28.6 Å². The van der Waals surface area contributed by atoms with Crippen LogP contribution < -0.4 is 10.6 Å². The Balaban J connectivity index is 1.38. The van der Waals surface area contributed by atoms with E-state index >= 15 is 0 Å². The molecule has 192 valence electrons. The van der Waals surface area contributed by atoms with Crippen molar-refractivity contribution in [1.82, 2.24) is 29.7 Å². The highest BCUT2D eigenvalue weighted by atomic mass is 19.1. The van der Waals surface area contributed by atoms with Gasteiger partial charge in [-0.2, -0.15) is 0 Å². The highest BCUT2D eigenvalue weighted by Crippen LogP contribution is 2.32. The van der Waals surface area contributed by atoms with E-state index < -0.39 is 11.6 Å². The molecule has 1 aromatic carbocycles. The maximum absolute atomic E-state index is 15.0. The summed E-state index contributed by atoms with van der Waals surface area (Å²) in [5.41, 5.74) is 2.84. The third kappa shape index (κ3) is 5.15. The lowest BCUT2D eigenvalue weighted by Crippen LogP contribution is -2.31. The van der Waals surface area contributed by atoms with Gasteiger partial charge in [-0.05, 0) is 50.6 Å². The molecule has 0 bridgehead atoms. The number of anilines is 2. The van der Waals surface area contributed by atoms with Gasteiger partial charge < -0.3 is 20.1 Å². The summed E-state index contributed by atoms with van der Waals surface area (Å²) < 4.78 is 31.8. The van der Waals surface area contributed by atoms with Crippen LogP contribution in [0.15, 0.2) is 42.7 Å². The summed E-state index contributed by atoms with van der Waals surface area (Å²) in [7, 11) is 0. The van der Waals surface area contributed by atoms with Crippen LogP contribution in [0.4, 0.5) is 20.5 Å². The predicted octanol–water partition coefficient (Wildman–Crippen LogP) is 4.73. The quantitative estimate of drug-likeness (QED) is 0.394. The maximum atomic E-state index is 15.0. The fraction of sp³-hybridized carbons (Fsp3) is 0.333. The first-order valence-electron chi connectivity index (χ1n) is 12.3. The molecule has 0 atom stereocenters. The van der Waals surface area contributed by atoms with Crippen LogP contribution in [0.5, 0.6) is 0 Å². The molecule has 1 amide bonds. The van der Waals surface area contributed by atoms with Crippen molar-refractivity contribution in [3.8, 4) is 11.3 Å². The van der Waals surface area contributed by atoms with E-state index in [0.29, 0.717) is 48.3 Å². The van der Waals surface area contributed by atoms with E-state index in [4.69, 9.17) is 0 Å². The van der Waals surface area contributed by atoms with E-state index in [1.807, 2.05) is 36.3 Å². The van der Waals surface area contributed by atoms with Gasteiger partial charge in [0.05, 0.1) is 11.7 Å². The van der Waals surface area contributed by atoms with Gasteiger partial charge in [0.1, 0.15) is 17.3 Å². The van der Waals surface area contributed by atoms with Crippen molar-refractivity contribution in [2.24, 2.45) is 0 Å². The van der Waals surface area contributed by atoms with Gasteiger partial charge in [-0.3, -0.25) is 4.79 Å². The summed E-state index contributed by atoms with van der Waals surface area (Å²) in [5.74, 6) is -0.357. The molecule has 10 heteroatoms. The number of amides is 1. The molecule has 0 saturated carbocycles. The summed E-state index contributed by atoms with van der Waals surface area (Å²) in [4.78, 5) is 26.8. The normalized spacial score (nSPS) is 14.4. The fourth-order valence-corrected chi connectivity index (χ4v) is 4.78. The minimum atomic E-state index is -0.649. The zero-order valence-electron chi connectivity index (χ0n) is 21.1. The highest BCUT2D eigenvalue weighted by molar-refractivity contribution is 5.87. The Hall–Kier alpha value is -3.92. The highest BCUT2D eigenvalue weighted by Gasteiger charge is 2.18. The number of aromatic nitrogens is 4. The first-order valence-corrected chi connectivity index (χ1v) is 12.3. The molecular formula is C27H29F2N7O. The molecule has 1 aliphatic heterocycles. The summed E-state index contributed by atoms with van der Waals surface area (Å²) >= 11 is 0. The molecule has 5 rings (SSSR count). The Morgan fingerprint density at radius 2 is 1.92 bits per heavy atom.